The molecular formula is C27H40N2O6. The van der Waals surface area contributed by atoms with Gasteiger partial charge in [0.05, 0.1) is 12.5 Å². The first-order valence-electron chi connectivity index (χ1n) is 13.3. The summed E-state index contributed by atoms with van der Waals surface area (Å²) in [6, 6.07) is -0.832. The van der Waals surface area contributed by atoms with Crippen LogP contribution in [-0.4, -0.2) is 82.3 Å². The summed E-state index contributed by atoms with van der Waals surface area (Å²) in [5.41, 5.74) is -2.25. The third-order valence-electron chi connectivity index (χ3n) is 8.21. The van der Waals surface area contributed by atoms with Crippen molar-refractivity contribution in [2.45, 2.75) is 89.0 Å². The minimum Gasteiger partial charge on any atom is -0.465 e. The Morgan fingerprint density at radius 3 is 2.63 bits per heavy atom. The predicted molar refractivity (Wildman–Crippen MR) is 130 cm³/mol. The van der Waals surface area contributed by atoms with Crippen LogP contribution in [0, 0.1) is 11.8 Å². The number of rotatable bonds is 8. The number of carbonyl (C=O) groups excluding carboxylic acids is 3. The van der Waals surface area contributed by atoms with Gasteiger partial charge in [-0.05, 0) is 45.4 Å². The zero-order chi connectivity index (χ0) is 25.2. The molecule has 2 amide bonds. The van der Waals surface area contributed by atoms with Crippen molar-refractivity contribution in [2.24, 2.45) is 11.8 Å². The van der Waals surface area contributed by atoms with Gasteiger partial charge in [-0.3, -0.25) is 14.4 Å². The molecule has 2 saturated heterocycles. The van der Waals surface area contributed by atoms with Crippen molar-refractivity contribution >= 4 is 17.8 Å². The van der Waals surface area contributed by atoms with Gasteiger partial charge in [0.15, 0.2) is 0 Å². The number of carbonyl (C=O) groups is 3. The fourth-order valence-electron chi connectivity index (χ4n) is 6.50. The average molecular weight is 489 g/mol. The highest BCUT2D eigenvalue weighted by Crippen LogP contribution is 2.58. The molecule has 0 saturated carbocycles. The van der Waals surface area contributed by atoms with Crippen LogP contribution in [0.3, 0.4) is 0 Å². The number of ether oxygens (including phenoxy) is 2. The number of hydrogen-bond donors (Lipinski definition) is 1. The number of cyclic esters (lactones) is 1. The van der Waals surface area contributed by atoms with E-state index in [1.807, 2.05) is 43.1 Å². The maximum atomic E-state index is 14.2. The summed E-state index contributed by atoms with van der Waals surface area (Å²) in [7, 11) is 0. The van der Waals surface area contributed by atoms with E-state index in [1.54, 1.807) is 4.90 Å². The first-order chi connectivity index (χ1) is 16.9. The number of nitrogens with zero attached hydrogens (tertiary/aromatic N) is 2. The van der Waals surface area contributed by atoms with Crippen LogP contribution in [0.25, 0.3) is 0 Å². The van der Waals surface area contributed by atoms with Crippen molar-refractivity contribution in [2.75, 3.05) is 26.3 Å². The second-order valence-electron chi connectivity index (χ2n) is 10.3. The van der Waals surface area contributed by atoms with Crippen LogP contribution in [0.4, 0.5) is 0 Å². The third kappa shape index (κ3) is 4.22. The SMILES string of the molecule is CCCC(C)N1CC=C[C@]23O[C@@]4(CC)/C=C\CCCOC(=O)[C@H]4[C@H]2C(=O)N(CCCCO)C3C1=O. The monoisotopic (exact) mass is 488 g/mol. The van der Waals surface area contributed by atoms with Gasteiger partial charge in [-0.25, -0.2) is 0 Å². The smallest absolute Gasteiger partial charge is 0.313 e. The molecule has 4 aliphatic heterocycles. The zero-order valence-corrected chi connectivity index (χ0v) is 21.3. The minimum absolute atomic E-state index is 0.0178. The number of allylic oxidation sites excluding steroid dienone is 1. The molecule has 194 valence electrons. The number of aliphatic hydroxyl groups excluding tert-OH is 1. The quantitative estimate of drug-likeness (QED) is 0.321. The molecule has 2 unspecified atom stereocenters. The Morgan fingerprint density at radius 2 is 1.91 bits per heavy atom. The lowest BCUT2D eigenvalue weighted by Gasteiger charge is -2.39. The standard InChI is InChI=1S/C27H40N2O6/c1-4-12-19(3)28-16-11-14-27-20(23(31)29(15-8-9-17-30)22(27)24(28)32)21-25(33)34-18-10-6-7-13-26(21,5-2)35-27/h7,11,13-14,19-22,30H,4-6,8-10,12,15-18H2,1-3H3/b13-7-/t19?,20-,21+,22?,26-,27-/m0/s1. The van der Waals surface area contributed by atoms with Crippen LogP contribution in [0.15, 0.2) is 24.3 Å². The summed E-state index contributed by atoms with van der Waals surface area (Å²) in [5, 5.41) is 9.33. The summed E-state index contributed by atoms with van der Waals surface area (Å²) in [6.07, 6.45) is 12.7. The molecule has 1 N–H and O–H groups in total. The number of fused-ring (bicyclic) bond motifs is 2. The second kappa shape index (κ2) is 10.4. The van der Waals surface area contributed by atoms with Crippen LogP contribution in [0.1, 0.15) is 65.7 Å². The first kappa shape index (κ1) is 25.9. The van der Waals surface area contributed by atoms with Gasteiger partial charge in [-0.1, -0.05) is 44.6 Å². The molecule has 6 atom stereocenters. The molecule has 0 aliphatic carbocycles. The number of amides is 2. The number of unbranched alkanes of at least 4 members (excludes halogenated alkanes) is 1. The third-order valence-corrected chi connectivity index (χ3v) is 8.21. The molecule has 0 aromatic heterocycles. The van der Waals surface area contributed by atoms with Crippen molar-refractivity contribution in [3.8, 4) is 0 Å². The number of hydrogen-bond acceptors (Lipinski definition) is 6. The molecule has 8 heteroatoms. The molecule has 1 spiro atoms. The lowest BCUT2D eigenvalue weighted by Crippen LogP contribution is -2.57. The van der Waals surface area contributed by atoms with Gasteiger partial charge >= 0.3 is 5.97 Å². The summed E-state index contributed by atoms with van der Waals surface area (Å²) in [4.78, 5) is 45.2. The molecule has 4 rings (SSSR count). The van der Waals surface area contributed by atoms with Gasteiger partial charge < -0.3 is 24.4 Å². The van der Waals surface area contributed by atoms with E-state index in [0.717, 1.165) is 25.7 Å². The first-order valence-corrected chi connectivity index (χ1v) is 13.3. The molecule has 8 nitrogen and oxygen atoms in total. The van der Waals surface area contributed by atoms with Crippen LogP contribution in [-0.2, 0) is 23.9 Å². The Labute approximate surface area is 208 Å². The molecule has 0 aromatic rings. The fraction of sp³-hybridized carbons (Fsp3) is 0.741. The molecule has 4 heterocycles. The highest BCUT2D eigenvalue weighted by atomic mass is 16.6. The Hall–Kier alpha value is -2.19. The van der Waals surface area contributed by atoms with Crippen LogP contribution in [0.2, 0.25) is 0 Å². The van der Waals surface area contributed by atoms with Gasteiger partial charge in [0.25, 0.3) is 0 Å². The van der Waals surface area contributed by atoms with Gasteiger partial charge in [0, 0.05) is 25.7 Å². The predicted octanol–water partition coefficient (Wildman–Crippen LogP) is 2.60. The van der Waals surface area contributed by atoms with E-state index >= 15 is 0 Å². The van der Waals surface area contributed by atoms with Crippen LogP contribution in [0.5, 0.6) is 0 Å². The number of likely N-dealkylation sites (tertiary alicyclic amines) is 1. The minimum atomic E-state index is -1.24. The summed E-state index contributed by atoms with van der Waals surface area (Å²) in [6.45, 7) is 7.18. The van der Waals surface area contributed by atoms with E-state index in [4.69, 9.17) is 9.47 Å². The van der Waals surface area contributed by atoms with E-state index in [2.05, 4.69) is 6.92 Å². The van der Waals surface area contributed by atoms with E-state index < -0.39 is 35.0 Å². The van der Waals surface area contributed by atoms with Crippen molar-refractivity contribution in [1.82, 2.24) is 9.80 Å². The Kier molecular flexibility index (Phi) is 7.71. The Balaban J connectivity index is 1.84. The zero-order valence-electron chi connectivity index (χ0n) is 21.3. The van der Waals surface area contributed by atoms with Gasteiger partial charge in [-0.15, -0.1) is 0 Å². The molecule has 2 fully saturated rings. The highest BCUT2D eigenvalue weighted by molar-refractivity contribution is 5.99. The summed E-state index contributed by atoms with van der Waals surface area (Å²) >= 11 is 0. The van der Waals surface area contributed by atoms with Crippen molar-refractivity contribution in [3.63, 3.8) is 0 Å². The summed E-state index contributed by atoms with van der Waals surface area (Å²) in [5.74, 6) is -2.45. The van der Waals surface area contributed by atoms with Crippen LogP contribution < -0.4 is 0 Å². The van der Waals surface area contributed by atoms with Crippen molar-refractivity contribution < 1.29 is 29.0 Å². The molecule has 0 aromatic carbocycles. The fourth-order valence-corrected chi connectivity index (χ4v) is 6.50. The van der Waals surface area contributed by atoms with Crippen molar-refractivity contribution in [1.29, 1.82) is 0 Å². The molecule has 35 heavy (non-hydrogen) atoms. The molecule has 0 radical (unpaired) electrons. The number of esters is 1. The Morgan fingerprint density at radius 1 is 1.11 bits per heavy atom. The van der Waals surface area contributed by atoms with Gasteiger partial charge in [-0.2, -0.15) is 0 Å². The van der Waals surface area contributed by atoms with E-state index in [0.29, 0.717) is 39.0 Å². The topological polar surface area (TPSA) is 96.4 Å². The Bertz CT molecular complexity index is 887. The molecular weight excluding hydrogens is 448 g/mol. The average Bonchev–Trinajstić information content (AvgIpc) is 3.21. The second-order valence-corrected chi connectivity index (χ2v) is 10.3. The van der Waals surface area contributed by atoms with Gasteiger partial charge in [0.1, 0.15) is 23.2 Å². The number of aliphatic hydroxyl groups is 1. The normalized spacial score (nSPS) is 36.5. The molecule has 0 bridgehead atoms. The van der Waals surface area contributed by atoms with E-state index in [-0.39, 0.29) is 24.5 Å². The molecule has 4 aliphatic rings. The van der Waals surface area contributed by atoms with Crippen LogP contribution >= 0.6 is 0 Å². The highest BCUT2D eigenvalue weighted by Gasteiger charge is 2.75. The van der Waals surface area contributed by atoms with E-state index in [1.165, 1.54) is 0 Å². The van der Waals surface area contributed by atoms with E-state index in [9.17, 15) is 19.5 Å². The van der Waals surface area contributed by atoms with Gasteiger partial charge in [0.2, 0.25) is 11.8 Å². The maximum absolute atomic E-state index is 14.2. The lowest BCUT2D eigenvalue weighted by atomic mass is 9.73. The lowest BCUT2D eigenvalue weighted by molar-refractivity contribution is -0.161. The maximum Gasteiger partial charge on any atom is 0.313 e. The van der Waals surface area contributed by atoms with Crippen molar-refractivity contribution in [3.05, 3.63) is 24.3 Å². The summed E-state index contributed by atoms with van der Waals surface area (Å²) < 4.78 is 12.5. The largest absolute Gasteiger partial charge is 0.465 e.